The van der Waals surface area contributed by atoms with Gasteiger partial charge in [0.05, 0.1) is 25.7 Å². The number of likely N-dealkylation sites (N-methyl/N-ethyl adjacent to an activating group) is 1. The normalized spacial score (nSPS) is 21.3. The number of rotatable bonds is 6. The van der Waals surface area contributed by atoms with Crippen LogP contribution in [0.2, 0.25) is 0 Å². The zero-order valence-corrected chi connectivity index (χ0v) is 13.8. The molecule has 1 amide bonds. The Hall–Kier alpha value is -1.60. The monoisotopic (exact) mass is 327 g/mol. The summed E-state index contributed by atoms with van der Waals surface area (Å²) in [5.41, 5.74) is 1.12. The Morgan fingerprint density at radius 2 is 2.05 bits per heavy atom. The van der Waals surface area contributed by atoms with Crippen molar-refractivity contribution in [2.24, 2.45) is 0 Å². The third kappa shape index (κ3) is 4.99. The molecule has 1 aliphatic heterocycles. The molecule has 1 saturated heterocycles. The van der Waals surface area contributed by atoms with Crippen LogP contribution in [0.3, 0.4) is 0 Å². The van der Waals surface area contributed by atoms with Crippen LogP contribution in [-0.4, -0.2) is 52.6 Å². The van der Waals surface area contributed by atoms with Crippen LogP contribution >= 0.6 is 0 Å². The second kappa shape index (κ2) is 7.11. The smallest absolute Gasteiger partial charge is 0.275 e. The van der Waals surface area contributed by atoms with Gasteiger partial charge in [0, 0.05) is 11.6 Å². The summed E-state index contributed by atoms with van der Waals surface area (Å²) in [5, 5.41) is 2.81. The number of hydrogen-bond donors (Lipinski definition) is 2. The maximum Gasteiger partial charge on any atom is 0.275 e. The Morgan fingerprint density at radius 3 is 2.59 bits per heavy atom. The van der Waals surface area contributed by atoms with Crippen molar-refractivity contribution in [3.8, 4) is 5.75 Å². The zero-order chi connectivity index (χ0) is 16.2. The van der Waals surface area contributed by atoms with Gasteiger partial charge in [0.15, 0.2) is 16.4 Å². The van der Waals surface area contributed by atoms with Crippen molar-refractivity contribution in [1.29, 1.82) is 0 Å². The number of nitrogens with one attached hydrogen (secondary N) is 2. The summed E-state index contributed by atoms with van der Waals surface area (Å²) in [6, 6.07) is 7.51. The first kappa shape index (κ1) is 16.8. The molecule has 1 unspecified atom stereocenters. The number of carbonyl (C=O) groups is 1. The topological polar surface area (TPSA) is 76.9 Å². The molecule has 0 aliphatic carbocycles. The van der Waals surface area contributed by atoms with Gasteiger partial charge in [-0.25, -0.2) is 8.42 Å². The lowest BCUT2D eigenvalue weighted by atomic mass is 10.2. The summed E-state index contributed by atoms with van der Waals surface area (Å²) in [7, 11) is 0.607. The molecule has 2 atom stereocenters. The third-order valence-corrected chi connectivity index (χ3v) is 5.49. The van der Waals surface area contributed by atoms with Crippen LogP contribution in [-0.2, 0) is 21.2 Å². The van der Waals surface area contributed by atoms with Gasteiger partial charge in [-0.3, -0.25) is 4.79 Å². The largest absolute Gasteiger partial charge is 0.497 e. The molecule has 122 valence electrons. The Labute approximate surface area is 131 Å². The quantitative estimate of drug-likeness (QED) is 0.704. The molecule has 0 spiro atoms. The van der Waals surface area contributed by atoms with Gasteiger partial charge in [-0.05, 0) is 30.7 Å². The van der Waals surface area contributed by atoms with Gasteiger partial charge in [-0.2, -0.15) is 0 Å². The number of amides is 1. The fraction of sp³-hybridized carbons (Fsp3) is 0.533. The predicted octanol–water partition coefficient (Wildman–Crippen LogP) is -0.987. The number of methoxy groups -OCH3 is 1. The van der Waals surface area contributed by atoms with E-state index >= 15 is 0 Å². The molecule has 22 heavy (non-hydrogen) atoms. The van der Waals surface area contributed by atoms with E-state index in [4.69, 9.17) is 4.74 Å². The van der Waals surface area contributed by atoms with Crippen molar-refractivity contribution in [2.45, 2.75) is 19.0 Å². The lowest BCUT2D eigenvalue weighted by Gasteiger charge is -2.16. The van der Waals surface area contributed by atoms with E-state index in [1.807, 2.05) is 31.3 Å². The molecular weight excluding hydrogens is 304 g/mol. The van der Waals surface area contributed by atoms with Crippen molar-refractivity contribution in [3.63, 3.8) is 0 Å². The lowest BCUT2D eigenvalue weighted by molar-refractivity contribution is -0.885. The van der Waals surface area contributed by atoms with Crippen molar-refractivity contribution in [1.82, 2.24) is 5.32 Å². The van der Waals surface area contributed by atoms with Crippen LogP contribution in [0.25, 0.3) is 0 Å². The average molecular weight is 327 g/mol. The third-order valence-electron chi connectivity index (χ3n) is 3.72. The van der Waals surface area contributed by atoms with Crippen molar-refractivity contribution >= 4 is 15.7 Å². The summed E-state index contributed by atoms with van der Waals surface area (Å²) in [6.45, 7) is 1.04. The molecule has 0 saturated carbocycles. The van der Waals surface area contributed by atoms with Crippen LogP contribution in [0.4, 0.5) is 0 Å². The fourth-order valence-corrected chi connectivity index (χ4v) is 4.29. The summed E-state index contributed by atoms with van der Waals surface area (Å²) in [6.07, 6.45) is 0.519. The van der Waals surface area contributed by atoms with Gasteiger partial charge < -0.3 is 15.0 Å². The molecule has 1 heterocycles. The van der Waals surface area contributed by atoms with E-state index in [2.05, 4.69) is 5.32 Å². The van der Waals surface area contributed by atoms with Gasteiger partial charge in [0.1, 0.15) is 12.3 Å². The maximum absolute atomic E-state index is 12.0. The van der Waals surface area contributed by atoms with E-state index in [9.17, 15) is 13.2 Å². The van der Waals surface area contributed by atoms with E-state index in [1.54, 1.807) is 7.11 Å². The van der Waals surface area contributed by atoms with Gasteiger partial charge >= 0.3 is 0 Å². The van der Waals surface area contributed by atoms with Crippen molar-refractivity contribution in [3.05, 3.63) is 29.8 Å². The highest BCUT2D eigenvalue weighted by atomic mass is 32.2. The van der Waals surface area contributed by atoms with Crippen LogP contribution in [0.5, 0.6) is 5.75 Å². The van der Waals surface area contributed by atoms with Gasteiger partial charge in [-0.1, -0.05) is 0 Å². The molecule has 0 radical (unpaired) electrons. The van der Waals surface area contributed by atoms with E-state index in [0.717, 1.165) is 22.8 Å². The van der Waals surface area contributed by atoms with Crippen LogP contribution in [0, 0.1) is 0 Å². The summed E-state index contributed by atoms with van der Waals surface area (Å²) in [4.78, 5) is 13.0. The van der Waals surface area contributed by atoms with Crippen LogP contribution < -0.4 is 15.0 Å². The first-order valence-corrected chi connectivity index (χ1v) is 9.14. The molecule has 1 aromatic rings. The highest BCUT2D eigenvalue weighted by Gasteiger charge is 2.29. The molecule has 0 aromatic heterocycles. The number of sulfone groups is 1. The Balaban J connectivity index is 1.78. The van der Waals surface area contributed by atoms with Crippen LogP contribution in [0.1, 0.15) is 12.0 Å². The second-order valence-corrected chi connectivity index (χ2v) is 8.05. The molecule has 7 heteroatoms. The highest BCUT2D eigenvalue weighted by molar-refractivity contribution is 7.91. The summed E-state index contributed by atoms with van der Waals surface area (Å²) in [5.74, 6) is 0.942. The van der Waals surface area contributed by atoms with E-state index < -0.39 is 9.84 Å². The minimum Gasteiger partial charge on any atom is -0.497 e. The Kier molecular flexibility index (Phi) is 5.42. The fourth-order valence-electron chi connectivity index (χ4n) is 2.62. The minimum absolute atomic E-state index is 0.0657. The molecule has 1 aliphatic rings. The number of benzene rings is 1. The molecule has 1 aromatic carbocycles. The van der Waals surface area contributed by atoms with E-state index in [0.29, 0.717) is 13.0 Å². The van der Waals surface area contributed by atoms with Gasteiger partial charge in [0.25, 0.3) is 5.91 Å². The van der Waals surface area contributed by atoms with Gasteiger partial charge in [0.2, 0.25) is 0 Å². The Morgan fingerprint density at radius 1 is 1.36 bits per heavy atom. The first-order chi connectivity index (χ1) is 10.4. The minimum atomic E-state index is -2.96. The highest BCUT2D eigenvalue weighted by Crippen LogP contribution is 2.11. The van der Waals surface area contributed by atoms with Crippen LogP contribution in [0.15, 0.2) is 24.3 Å². The van der Waals surface area contributed by atoms with Crippen molar-refractivity contribution < 1.29 is 22.8 Å². The van der Waals surface area contributed by atoms with Crippen molar-refractivity contribution in [2.75, 3.05) is 32.2 Å². The average Bonchev–Trinajstić information content (AvgIpc) is 2.78. The second-order valence-electron chi connectivity index (χ2n) is 5.83. The predicted molar refractivity (Wildman–Crippen MR) is 83.7 cm³/mol. The number of quaternary nitrogens is 1. The Bertz CT molecular complexity index is 613. The molecule has 2 rings (SSSR count). The summed E-state index contributed by atoms with van der Waals surface area (Å²) < 4.78 is 27.9. The first-order valence-electron chi connectivity index (χ1n) is 7.32. The van der Waals surface area contributed by atoms with E-state index in [-0.39, 0.29) is 23.5 Å². The molecule has 2 N–H and O–H groups in total. The lowest BCUT2D eigenvalue weighted by Crippen LogP contribution is -3.09. The molecular formula is C15H23N2O4S+. The van der Waals surface area contributed by atoms with E-state index in [1.165, 1.54) is 0 Å². The molecule has 1 fully saturated rings. The number of hydrogen-bond acceptors (Lipinski definition) is 4. The summed E-state index contributed by atoms with van der Waals surface area (Å²) >= 11 is 0. The molecule has 6 nitrogen and oxygen atoms in total. The number of ether oxygens (including phenoxy) is 1. The standard InChI is InChI=1S/C15H22N2O4S/c1-17(9-12-3-5-14(21-2)6-4-12)10-15(18)16-13-7-8-22(19,20)11-13/h3-6,13H,7-11H2,1-2H3,(H,16,18)/p+1/t13-/m0/s1. The maximum atomic E-state index is 12.0. The zero-order valence-electron chi connectivity index (χ0n) is 13.0. The SMILES string of the molecule is COc1ccc(C[NH+](C)CC(=O)N[C@H]2CCS(=O)(=O)C2)cc1. The number of carbonyl (C=O) groups excluding carboxylic acids is 1. The van der Waals surface area contributed by atoms with Gasteiger partial charge in [-0.15, -0.1) is 0 Å². The molecule has 0 bridgehead atoms.